The SMILES string of the molecule is Cn1cc(C(=O)Nc2ccnc(OCc3ccccc3)c2)c2ccccc2c1=O. The fraction of sp³-hybridized carbons (Fsp3) is 0.0870. The summed E-state index contributed by atoms with van der Waals surface area (Å²) in [6.07, 6.45) is 3.13. The van der Waals surface area contributed by atoms with Crippen molar-refractivity contribution in [2.24, 2.45) is 7.05 Å². The number of hydrogen-bond donors (Lipinski definition) is 1. The van der Waals surface area contributed by atoms with Crippen LogP contribution in [0.15, 0.2) is 83.9 Å². The largest absolute Gasteiger partial charge is 0.473 e. The van der Waals surface area contributed by atoms with Gasteiger partial charge in [0.2, 0.25) is 5.88 Å². The van der Waals surface area contributed by atoms with Crippen LogP contribution in [0.25, 0.3) is 10.8 Å². The summed E-state index contributed by atoms with van der Waals surface area (Å²) in [6.45, 7) is 0.386. The van der Waals surface area contributed by atoms with Crippen LogP contribution in [-0.2, 0) is 13.7 Å². The monoisotopic (exact) mass is 385 g/mol. The predicted octanol–water partition coefficient (Wildman–Crippen LogP) is 3.76. The number of carbonyl (C=O) groups is 1. The van der Waals surface area contributed by atoms with Crippen molar-refractivity contribution in [1.82, 2.24) is 9.55 Å². The van der Waals surface area contributed by atoms with Gasteiger partial charge in [0.25, 0.3) is 11.5 Å². The summed E-state index contributed by atoms with van der Waals surface area (Å²) >= 11 is 0. The van der Waals surface area contributed by atoms with Crippen LogP contribution in [0, 0.1) is 0 Å². The number of aromatic nitrogens is 2. The topological polar surface area (TPSA) is 73.2 Å². The number of fused-ring (bicyclic) bond motifs is 1. The lowest BCUT2D eigenvalue weighted by Crippen LogP contribution is -2.21. The second-order valence-corrected chi connectivity index (χ2v) is 6.62. The molecule has 0 aliphatic rings. The molecule has 0 fully saturated rings. The van der Waals surface area contributed by atoms with Gasteiger partial charge in [-0.05, 0) is 17.7 Å². The number of anilines is 1. The van der Waals surface area contributed by atoms with Crippen LogP contribution in [0.2, 0.25) is 0 Å². The van der Waals surface area contributed by atoms with E-state index in [1.54, 1.807) is 55.8 Å². The van der Waals surface area contributed by atoms with E-state index in [2.05, 4.69) is 10.3 Å². The standard InChI is InChI=1S/C23H19N3O3/c1-26-14-20(18-9-5-6-10-19(18)23(26)28)22(27)25-17-11-12-24-21(13-17)29-15-16-7-3-2-4-8-16/h2-14H,15H2,1H3,(H,24,25,27). The molecule has 0 atom stereocenters. The van der Waals surface area contributed by atoms with E-state index in [0.29, 0.717) is 34.5 Å². The third-order valence-electron chi connectivity index (χ3n) is 4.56. The number of nitrogens with one attached hydrogen (secondary N) is 1. The predicted molar refractivity (Wildman–Crippen MR) is 112 cm³/mol. The average Bonchev–Trinajstić information content (AvgIpc) is 2.76. The van der Waals surface area contributed by atoms with Gasteiger partial charge >= 0.3 is 0 Å². The van der Waals surface area contributed by atoms with Crippen molar-refractivity contribution < 1.29 is 9.53 Å². The lowest BCUT2D eigenvalue weighted by Gasteiger charge is -2.11. The van der Waals surface area contributed by atoms with Gasteiger partial charge in [-0.3, -0.25) is 9.59 Å². The second kappa shape index (κ2) is 7.98. The molecule has 6 nitrogen and oxygen atoms in total. The fourth-order valence-electron chi connectivity index (χ4n) is 3.09. The van der Waals surface area contributed by atoms with Gasteiger partial charge < -0.3 is 14.6 Å². The first kappa shape index (κ1) is 18.4. The van der Waals surface area contributed by atoms with Crippen LogP contribution in [0.4, 0.5) is 5.69 Å². The molecule has 1 N–H and O–H groups in total. The van der Waals surface area contributed by atoms with Crippen molar-refractivity contribution in [3.05, 3.63) is 101 Å². The maximum Gasteiger partial charge on any atom is 0.258 e. The number of ether oxygens (including phenoxy) is 1. The number of carbonyl (C=O) groups excluding carboxylic acids is 1. The first-order valence-electron chi connectivity index (χ1n) is 9.14. The minimum Gasteiger partial charge on any atom is -0.473 e. The highest BCUT2D eigenvalue weighted by molar-refractivity contribution is 6.12. The second-order valence-electron chi connectivity index (χ2n) is 6.62. The van der Waals surface area contributed by atoms with Crippen molar-refractivity contribution in [1.29, 1.82) is 0 Å². The van der Waals surface area contributed by atoms with Gasteiger partial charge in [-0.2, -0.15) is 0 Å². The highest BCUT2D eigenvalue weighted by Crippen LogP contribution is 2.19. The Labute approximate surface area is 167 Å². The number of nitrogens with zero attached hydrogens (tertiary/aromatic N) is 2. The van der Waals surface area contributed by atoms with E-state index in [0.717, 1.165) is 5.56 Å². The molecule has 6 heteroatoms. The lowest BCUT2D eigenvalue weighted by atomic mass is 10.1. The van der Waals surface area contributed by atoms with Crippen LogP contribution in [-0.4, -0.2) is 15.5 Å². The quantitative estimate of drug-likeness (QED) is 0.568. The average molecular weight is 385 g/mol. The zero-order valence-electron chi connectivity index (χ0n) is 15.8. The molecule has 0 bridgehead atoms. The summed E-state index contributed by atoms with van der Waals surface area (Å²) in [5.41, 5.74) is 1.87. The van der Waals surface area contributed by atoms with Crippen LogP contribution < -0.4 is 15.6 Å². The summed E-state index contributed by atoms with van der Waals surface area (Å²) < 4.78 is 7.13. The number of aryl methyl sites for hydroxylation is 1. The fourth-order valence-corrected chi connectivity index (χ4v) is 3.09. The Balaban J connectivity index is 1.56. The maximum absolute atomic E-state index is 12.9. The van der Waals surface area contributed by atoms with Crippen LogP contribution >= 0.6 is 0 Å². The van der Waals surface area contributed by atoms with E-state index < -0.39 is 0 Å². The summed E-state index contributed by atoms with van der Waals surface area (Å²) in [4.78, 5) is 29.4. The molecule has 2 aromatic heterocycles. The van der Waals surface area contributed by atoms with Gasteiger partial charge in [-0.15, -0.1) is 0 Å². The molecule has 4 rings (SSSR count). The Morgan fingerprint density at radius 1 is 1.03 bits per heavy atom. The molecule has 0 unspecified atom stereocenters. The van der Waals surface area contributed by atoms with E-state index in [-0.39, 0.29) is 11.5 Å². The van der Waals surface area contributed by atoms with Crippen molar-refractivity contribution >= 4 is 22.4 Å². The van der Waals surface area contributed by atoms with Crippen LogP contribution in [0.1, 0.15) is 15.9 Å². The minimum absolute atomic E-state index is 0.141. The molecule has 29 heavy (non-hydrogen) atoms. The Kier molecular flexibility index (Phi) is 5.07. The molecule has 0 radical (unpaired) electrons. The summed E-state index contributed by atoms with van der Waals surface area (Å²) in [7, 11) is 1.63. The van der Waals surface area contributed by atoms with Gasteiger partial charge in [0.15, 0.2) is 0 Å². The Morgan fingerprint density at radius 2 is 1.76 bits per heavy atom. The van der Waals surface area contributed by atoms with Gasteiger partial charge in [0, 0.05) is 42.0 Å². The van der Waals surface area contributed by atoms with Gasteiger partial charge in [-0.1, -0.05) is 48.5 Å². The highest BCUT2D eigenvalue weighted by atomic mass is 16.5. The van der Waals surface area contributed by atoms with E-state index in [4.69, 9.17) is 4.74 Å². The number of benzene rings is 2. The molecular weight excluding hydrogens is 366 g/mol. The molecule has 144 valence electrons. The molecule has 0 saturated heterocycles. The number of amides is 1. The molecule has 1 amide bonds. The number of hydrogen-bond acceptors (Lipinski definition) is 4. The molecule has 0 saturated carbocycles. The molecule has 0 aliphatic heterocycles. The van der Waals surface area contributed by atoms with Crippen molar-refractivity contribution in [3.8, 4) is 5.88 Å². The summed E-state index contributed by atoms with van der Waals surface area (Å²) in [6, 6.07) is 20.2. The Hall–Kier alpha value is -3.93. The van der Waals surface area contributed by atoms with Crippen molar-refractivity contribution in [2.75, 3.05) is 5.32 Å². The smallest absolute Gasteiger partial charge is 0.258 e. The molecule has 0 spiro atoms. The number of rotatable bonds is 5. The molecule has 0 aliphatic carbocycles. The molecule has 4 aromatic rings. The first-order valence-corrected chi connectivity index (χ1v) is 9.14. The van der Waals surface area contributed by atoms with Crippen LogP contribution in [0.3, 0.4) is 0 Å². The van der Waals surface area contributed by atoms with E-state index >= 15 is 0 Å². The van der Waals surface area contributed by atoms with E-state index in [9.17, 15) is 9.59 Å². The third kappa shape index (κ3) is 4.01. The lowest BCUT2D eigenvalue weighted by molar-refractivity contribution is 0.102. The highest BCUT2D eigenvalue weighted by Gasteiger charge is 2.14. The van der Waals surface area contributed by atoms with E-state index in [1.165, 1.54) is 4.57 Å². The minimum atomic E-state index is -0.308. The van der Waals surface area contributed by atoms with Gasteiger partial charge in [-0.25, -0.2) is 4.98 Å². The van der Waals surface area contributed by atoms with Crippen LogP contribution in [0.5, 0.6) is 5.88 Å². The van der Waals surface area contributed by atoms with Crippen molar-refractivity contribution in [2.45, 2.75) is 6.61 Å². The van der Waals surface area contributed by atoms with Crippen molar-refractivity contribution in [3.63, 3.8) is 0 Å². The van der Waals surface area contributed by atoms with Gasteiger partial charge in [0.1, 0.15) is 6.61 Å². The first-order chi connectivity index (χ1) is 14.1. The Morgan fingerprint density at radius 3 is 2.55 bits per heavy atom. The maximum atomic E-state index is 12.9. The zero-order chi connectivity index (χ0) is 20.2. The molecule has 2 heterocycles. The Bertz CT molecular complexity index is 1230. The van der Waals surface area contributed by atoms with E-state index in [1.807, 2.05) is 30.3 Å². The summed E-state index contributed by atoms with van der Waals surface area (Å²) in [5.74, 6) is 0.106. The summed E-state index contributed by atoms with van der Waals surface area (Å²) in [5, 5.41) is 3.98. The zero-order valence-corrected chi connectivity index (χ0v) is 15.8. The third-order valence-corrected chi connectivity index (χ3v) is 4.56. The molecule has 2 aromatic carbocycles. The normalized spacial score (nSPS) is 10.7. The molecular formula is C23H19N3O3. The van der Waals surface area contributed by atoms with Gasteiger partial charge in [0.05, 0.1) is 5.56 Å². The number of pyridine rings is 2.